The van der Waals surface area contributed by atoms with Gasteiger partial charge in [-0.15, -0.1) is 0 Å². The molecule has 1 aliphatic rings. The Kier molecular flexibility index (Phi) is 3.80. The minimum absolute atomic E-state index is 0.728. The van der Waals surface area contributed by atoms with Gasteiger partial charge in [-0.2, -0.15) is 0 Å². The molecule has 1 aliphatic carbocycles. The van der Waals surface area contributed by atoms with Crippen LogP contribution in [0.3, 0.4) is 0 Å². The quantitative estimate of drug-likeness (QED) is 0.629. The zero-order chi connectivity index (χ0) is 8.97. The largest absolute Gasteiger partial charge is 0.327 e. The fourth-order valence-electron chi connectivity index (χ4n) is 1.92. The lowest BCUT2D eigenvalue weighted by Gasteiger charge is -2.24. The van der Waals surface area contributed by atoms with Gasteiger partial charge in [0.25, 0.3) is 0 Å². The van der Waals surface area contributed by atoms with E-state index < -0.39 is 0 Å². The van der Waals surface area contributed by atoms with Crippen LogP contribution in [0.2, 0.25) is 0 Å². The van der Waals surface area contributed by atoms with Gasteiger partial charge in [0, 0.05) is 6.54 Å². The minimum Gasteiger partial charge on any atom is -0.327 e. The maximum atomic E-state index is 5.55. The van der Waals surface area contributed by atoms with Gasteiger partial charge < -0.3 is 5.73 Å². The third-order valence-electron chi connectivity index (χ3n) is 2.90. The van der Waals surface area contributed by atoms with Crippen LogP contribution in [-0.2, 0) is 0 Å². The third kappa shape index (κ3) is 2.98. The van der Waals surface area contributed by atoms with Gasteiger partial charge in [0.05, 0.1) is 0 Å². The molecule has 70 valence electrons. The van der Waals surface area contributed by atoms with E-state index in [1.165, 1.54) is 31.3 Å². The molecule has 0 bridgehead atoms. The van der Waals surface area contributed by atoms with Crippen LogP contribution in [0.15, 0.2) is 11.6 Å². The van der Waals surface area contributed by atoms with Gasteiger partial charge in [-0.25, -0.2) is 0 Å². The Bertz CT molecular complexity index is 152. The van der Waals surface area contributed by atoms with Gasteiger partial charge in [0.1, 0.15) is 0 Å². The molecule has 0 saturated heterocycles. The van der Waals surface area contributed by atoms with Gasteiger partial charge >= 0.3 is 0 Å². The van der Waals surface area contributed by atoms with Crippen LogP contribution in [0.4, 0.5) is 0 Å². The summed E-state index contributed by atoms with van der Waals surface area (Å²) >= 11 is 0. The van der Waals surface area contributed by atoms with Crippen LogP contribution >= 0.6 is 0 Å². The van der Waals surface area contributed by atoms with Crippen LogP contribution in [0, 0.1) is 11.8 Å². The van der Waals surface area contributed by atoms with Gasteiger partial charge in [-0.3, -0.25) is 0 Å². The second-order valence-electron chi connectivity index (χ2n) is 4.24. The molecule has 1 fully saturated rings. The summed E-state index contributed by atoms with van der Waals surface area (Å²) in [6, 6.07) is 0. The van der Waals surface area contributed by atoms with E-state index in [-0.39, 0.29) is 0 Å². The molecule has 0 radical (unpaired) electrons. The topological polar surface area (TPSA) is 26.0 Å². The monoisotopic (exact) mass is 167 g/mol. The highest BCUT2D eigenvalue weighted by atomic mass is 14.5. The molecule has 0 spiro atoms. The first-order chi connectivity index (χ1) is 5.72. The summed E-state index contributed by atoms with van der Waals surface area (Å²) in [6.07, 6.45) is 7.93. The van der Waals surface area contributed by atoms with E-state index in [1.807, 2.05) is 0 Å². The maximum absolute atomic E-state index is 5.55. The number of allylic oxidation sites excluding steroid dienone is 1. The van der Waals surface area contributed by atoms with Crippen molar-refractivity contribution in [3.05, 3.63) is 11.6 Å². The van der Waals surface area contributed by atoms with E-state index in [2.05, 4.69) is 19.9 Å². The molecule has 1 nitrogen and oxygen atoms in total. The van der Waals surface area contributed by atoms with Crippen molar-refractivity contribution in [3.8, 4) is 0 Å². The van der Waals surface area contributed by atoms with Gasteiger partial charge in [-0.05, 0) is 31.6 Å². The molecule has 1 saturated carbocycles. The second-order valence-corrected chi connectivity index (χ2v) is 4.24. The lowest BCUT2D eigenvalue weighted by atomic mass is 9.82. The zero-order valence-corrected chi connectivity index (χ0v) is 8.34. The summed E-state index contributed by atoms with van der Waals surface area (Å²) < 4.78 is 0. The van der Waals surface area contributed by atoms with Crippen molar-refractivity contribution >= 4 is 0 Å². The summed E-state index contributed by atoms with van der Waals surface area (Å²) in [5, 5.41) is 0. The molecule has 0 amide bonds. The minimum atomic E-state index is 0.728. The Morgan fingerprint density at radius 1 is 1.33 bits per heavy atom. The van der Waals surface area contributed by atoms with Crippen molar-refractivity contribution in [1.29, 1.82) is 0 Å². The van der Waals surface area contributed by atoms with E-state index in [0.717, 1.165) is 18.4 Å². The SMILES string of the molecule is C/C(=C/C1CCC(C)CC1)CN. The molecule has 1 heteroatoms. The number of nitrogens with two attached hydrogens (primary N) is 1. The summed E-state index contributed by atoms with van der Waals surface area (Å²) in [6.45, 7) is 5.22. The average molecular weight is 167 g/mol. The summed E-state index contributed by atoms with van der Waals surface area (Å²) in [5.41, 5.74) is 6.90. The van der Waals surface area contributed by atoms with Crippen LogP contribution in [0.1, 0.15) is 39.5 Å². The van der Waals surface area contributed by atoms with Crippen molar-refractivity contribution in [3.63, 3.8) is 0 Å². The van der Waals surface area contributed by atoms with Crippen molar-refractivity contribution in [2.75, 3.05) is 6.54 Å². The Morgan fingerprint density at radius 2 is 1.92 bits per heavy atom. The third-order valence-corrected chi connectivity index (χ3v) is 2.90. The highest BCUT2D eigenvalue weighted by Crippen LogP contribution is 2.29. The molecule has 0 aromatic rings. The van der Waals surface area contributed by atoms with Gasteiger partial charge in [-0.1, -0.05) is 31.4 Å². The molecule has 0 aromatic heterocycles. The molecule has 1 rings (SSSR count). The molecular weight excluding hydrogens is 146 g/mol. The van der Waals surface area contributed by atoms with E-state index >= 15 is 0 Å². The standard InChI is InChI=1S/C11H21N/c1-9-3-5-11(6-4-9)7-10(2)8-12/h7,9,11H,3-6,8,12H2,1-2H3/b10-7-. The average Bonchev–Trinajstić information content (AvgIpc) is 2.09. The van der Waals surface area contributed by atoms with E-state index in [0.29, 0.717) is 0 Å². The van der Waals surface area contributed by atoms with E-state index in [1.54, 1.807) is 0 Å². The fourth-order valence-corrected chi connectivity index (χ4v) is 1.92. The van der Waals surface area contributed by atoms with Crippen molar-refractivity contribution in [1.82, 2.24) is 0 Å². The molecule has 12 heavy (non-hydrogen) atoms. The number of hydrogen-bond donors (Lipinski definition) is 1. The highest BCUT2D eigenvalue weighted by molar-refractivity contribution is 5.03. The highest BCUT2D eigenvalue weighted by Gasteiger charge is 2.15. The molecule has 2 N–H and O–H groups in total. The van der Waals surface area contributed by atoms with Crippen LogP contribution in [0.5, 0.6) is 0 Å². The molecule has 0 aliphatic heterocycles. The Balaban J connectivity index is 2.35. The molecular formula is C11H21N. The van der Waals surface area contributed by atoms with Gasteiger partial charge in [0.2, 0.25) is 0 Å². The fraction of sp³-hybridized carbons (Fsp3) is 0.818. The van der Waals surface area contributed by atoms with E-state index in [9.17, 15) is 0 Å². The van der Waals surface area contributed by atoms with Crippen molar-refractivity contribution in [2.24, 2.45) is 17.6 Å². The normalized spacial score (nSPS) is 32.1. The predicted octanol–water partition coefficient (Wildman–Crippen LogP) is 2.72. The van der Waals surface area contributed by atoms with E-state index in [4.69, 9.17) is 5.73 Å². The van der Waals surface area contributed by atoms with Crippen LogP contribution in [-0.4, -0.2) is 6.54 Å². The first-order valence-corrected chi connectivity index (χ1v) is 5.09. The zero-order valence-electron chi connectivity index (χ0n) is 8.34. The Morgan fingerprint density at radius 3 is 2.42 bits per heavy atom. The summed E-state index contributed by atoms with van der Waals surface area (Å²) in [7, 11) is 0. The second kappa shape index (κ2) is 4.66. The first kappa shape index (κ1) is 9.79. The molecule has 0 heterocycles. The van der Waals surface area contributed by atoms with Gasteiger partial charge in [0.15, 0.2) is 0 Å². The van der Waals surface area contributed by atoms with Crippen LogP contribution < -0.4 is 5.73 Å². The first-order valence-electron chi connectivity index (χ1n) is 5.09. The maximum Gasteiger partial charge on any atom is 0.0134 e. The van der Waals surface area contributed by atoms with Crippen molar-refractivity contribution in [2.45, 2.75) is 39.5 Å². The summed E-state index contributed by atoms with van der Waals surface area (Å²) in [5.74, 6) is 1.78. The Hall–Kier alpha value is -0.300. The summed E-state index contributed by atoms with van der Waals surface area (Å²) in [4.78, 5) is 0. The lowest BCUT2D eigenvalue weighted by molar-refractivity contribution is 0.329. The van der Waals surface area contributed by atoms with Crippen molar-refractivity contribution < 1.29 is 0 Å². The molecule has 0 atom stereocenters. The van der Waals surface area contributed by atoms with Crippen LogP contribution in [0.25, 0.3) is 0 Å². The molecule has 0 aromatic carbocycles. The molecule has 0 unspecified atom stereocenters. The lowest BCUT2D eigenvalue weighted by Crippen LogP contribution is -2.11. The predicted molar refractivity (Wildman–Crippen MR) is 53.9 cm³/mol. The smallest absolute Gasteiger partial charge is 0.0134 e. The number of hydrogen-bond acceptors (Lipinski definition) is 1. The number of rotatable bonds is 2. The Labute approximate surface area is 76.0 Å².